The SMILES string of the molecule is Cc1cc(CC(N)=O)cc(C)c1-c1ccnc(Cl)c1. The Morgan fingerprint density at radius 3 is 2.42 bits per heavy atom. The van der Waals surface area contributed by atoms with E-state index in [0.717, 1.165) is 27.8 Å². The van der Waals surface area contributed by atoms with Crippen LogP contribution in [0.25, 0.3) is 11.1 Å². The van der Waals surface area contributed by atoms with E-state index in [4.69, 9.17) is 17.3 Å². The van der Waals surface area contributed by atoms with Crippen molar-refractivity contribution in [1.82, 2.24) is 4.98 Å². The van der Waals surface area contributed by atoms with Crippen molar-refractivity contribution in [3.05, 3.63) is 52.3 Å². The third-order valence-electron chi connectivity index (χ3n) is 2.99. The van der Waals surface area contributed by atoms with Gasteiger partial charge in [0.1, 0.15) is 5.15 Å². The van der Waals surface area contributed by atoms with E-state index in [9.17, 15) is 4.79 Å². The summed E-state index contributed by atoms with van der Waals surface area (Å²) in [6.07, 6.45) is 1.95. The monoisotopic (exact) mass is 274 g/mol. The van der Waals surface area contributed by atoms with Gasteiger partial charge in [0.15, 0.2) is 0 Å². The van der Waals surface area contributed by atoms with E-state index in [1.165, 1.54) is 0 Å². The number of hydrogen-bond donors (Lipinski definition) is 1. The number of amides is 1. The standard InChI is InChI=1S/C15H15ClN2O/c1-9-5-11(7-14(17)19)6-10(2)15(9)12-3-4-18-13(16)8-12/h3-6,8H,7H2,1-2H3,(H2,17,19). The molecule has 0 atom stereocenters. The molecule has 0 saturated heterocycles. The van der Waals surface area contributed by atoms with E-state index in [-0.39, 0.29) is 12.3 Å². The van der Waals surface area contributed by atoms with Gasteiger partial charge in [-0.05, 0) is 53.8 Å². The summed E-state index contributed by atoms with van der Waals surface area (Å²) in [6, 6.07) is 7.74. The maximum Gasteiger partial charge on any atom is 0.221 e. The van der Waals surface area contributed by atoms with Crippen molar-refractivity contribution in [3.63, 3.8) is 0 Å². The van der Waals surface area contributed by atoms with Crippen LogP contribution in [0.4, 0.5) is 0 Å². The number of carbonyl (C=O) groups excluding carboxylic acids is 1. The molecule has 2 N–H and O–H groups in total. The molecule has 3 nitrogen and oxygen atoms in total. The number of primary amides is 1. The summed E-state index contributed by atoms with van der Waals surface area (Å²) < 4.78 is 0. The van der Waals surface area contributed by atoms with Crippen LogP contribution in [0.15, 0.2) is 30.5 Å². The van der Waals surface area contributed by atoms with Crippen LogP contribution in [0.3, 0.4) is 0 Å². The van der Waals surface area contributed by atoms with Gasteiger partial charge in [0.25, 0.3) is 0 Å². The van der Waals surface area contributed by atoms with Gasteiger partial charge in [-0.15, -0.1) is 0 Å². The van der Waals surface area contributed by atoms with E-state index in [0.29, 0.717) is 5.15 Å². The highest BCUT2D eigenvalue weighted by Crippen LogP contribution is 2.29. The highest BCUT2D eigenvalue weighted by molar-refractivity contribution is 6.29. The number of benzene rings is 1. The molecule has 19 heavy (non-hydrogen) atoms. The normalized spacial score (nSPS) is 10.5. The van der Waals surface area contributed by atoms with Crippen LogP contribution in [0.2, 0.25) is 5.15 Å². The second kappa shape index (κ2) is 5.41. The predicted molar refractivity (Wildman–Crippen MR) is 77.1 cm³/mol. The molecule has 1 heterocycles. The molecule has 0 unspecified atom stereocenters. The topological polar surface area (TPSA) is 56.0 Å². The van der Waals surface area contributed by atoms with Gasteiger partial charge in [0.2, 0.25) is 5.91 Å². The molecule has 0 saturated carbocycles. The quantitative estimate of drug-likeness (QED) is 0.875. The number of nitrogens with two attached hydrogens (primary N) is 1. The van der Waals surface area contributed by atoms with Gasteiger partial charge in [0.05, 0.1) is 6.42 Å². The van der Waals surface area contributed by atoms with Gasteiger partial charge in [-0.1, -0.05) is 23.7 Å². The molecule has 1 amide bonds. The molecule has 0 spiro atoms. The average molecular weight is 275 g/mol. The van der Waals surface area contributed by atoms with E-state index in [1.807, 2.05) is 38.1 Å². The lowest BCUT2D eigenvalue weighted by Crippen LogP contribution is -2.13. The lowest BCUT2D eigenvalue weighted by Gasteiger charge is -2.12. The summed E-state index contributed by atoms with van der Waals surface area (Å²) in [7, 11) is 0. The first-order valence-corrected chi connectivity index (χ1v) is 6.35. The minimum atomic E-state index is -0.321. The summed E-state index contributed by atoms with van der Waals surface area (Å²) >= 11 is 5.93. The van der Waals surface area contributed by atoms with Gasteiger partial charge >= 0.3 is 0 Å². The van der Waals surface area contributed by atoms with Gasteiger partial charge in [-0.25, -0.2) is 4.98 Å². The minimum absolute atomic E-state index is 0.263. The zero-order valence-corrected chi connectivity index (χ0v) is 11.7. The van der Waals surface area contributed by atoms with Crippen LogP contribution in [0.5, 0.6) is 0 Å². The Hall–Kier alpha value is -1.87. The van der Waals surface area contributed by atoms with Crippen molar-refractivity contribution in [3.8, 4) is 11.1 Å². The van der Waals surface area contributed by atoms with Crippen molar-refractivity contribution in [2.45, 2.75) is 20.3 Å². The van der Waals surface area contributed by atoms with Gasteiger partial charge < -0.3 is 5.73 Å². The smallest absolute Gasteiger partial charge is 0.221 e. The number of pyridine rings is 1. The number of carbonyl (C=O) groups is 1. The fourth-order valence-corrected chi connectivity index (χ4v) is 2.54. The first kappa shape index (κ1) is 13.6. The Bertz CT molecular complexity index is 615. The van der Waals surface area contributed by atoms with Crippen molar-refractivity contribution in [2.24, 2.45) is 5.73 Å². The lowest BCUT2D eigenvalue weighted by atomic mass is 9.93. The Morgan fingerprint density at radius 1 is 1.26 bits per heavy atom. The molecule has 1 aromatic heterocycles. The number of aryl methyl sites for hydroxylation is 2. The second-order valence-electron chi connectivity index (χ2n) is 4.61. The van der Waals surface area contributed by atoms with E-state index >= 15 is 0 Å². The first-order chi connectivity index (χ1) is 8.97. The van der Waals surface area contributed by atoms with Crippen LogP contribution >= 0.6 is 11.6 Å². The highest BCUT2D eigenvalue weighted by Gasteiger charge is 2.09. The van der Waals surface area contributed by atoms with Gasteiger partial charge in [-0.3, -0.25) is 4.79 Å². The molecule has 2 rings (SSSR count). The minimum Gasteiger partial charge on any atom is -0.369 e. The molecule has 0 aliphatic heterocycles. The summed E-state index contributed by atoms with van der Waals surface area (Å²) in [6.45, 7) is 4.03. The molecule has 0 aliphatic carbocycles. The number of hydrogen-bond acceptors (Lipinski definition) is 2. The summed E-state index contributed by atoms with van der Waals surface area (Å²) in [5, 5.41) is 0.470. The van der Waals surface area contributed by atoms with Crippen molar-refractivity contribution >= 4 is 17.5 Å². The zero-order valence-electron chi connectivity index (χ0n) is 10.9. The Balaban J connectivity index is 2.50. The molecule has 0 radical (unpaired) electrons. The fourth-order valence-electron chi connectivity index (χ4n) is 2.37. The first-order valence-electron chi connectivity index (χ1n) is 5.97. The van der Waals surface area contributed by atoms with Gasteiger partial charge in [0, 0.05) is 6.20 Å². The van der Waals surface area contributed by atoms with E-state index in [2.05, 4.69) is 4.98 Å². The zero-order chi connectivity index (χ0) is 14.0. The van der Waals surface area contributed by atoms with E-state index < -0.39 is 0 Å². The number of halogens is 1. The second-order valence-corrected chi connectivity index (χ2v) is 5.00. The third-order valence-corrected chi connectivity index (χ3v) is 3.19. The van der Waals surface area contributed by atoms with Crippen LogP contribution < -0.4 is 5.73 Å². The molecule has 0 fully saturated rings. The van der Waals surface area contributed by atoms with Crippen molar-refractivity contribution in [1.29, 1.82) is 0 Å². The number of rotatable bonds is 3. The summed E-state index contributed by atoms with van der Waals surface area (Å²) in [5.74, 6) is -0.321. The number of aromatic nitrogens is 1. The Morgan fingerprint density at radius 2 is 1.89 bits per heavy atom. The largest absolute Gasteiger partial charge is 0.369 e. The van der Waals surface area contributed by atoms with Crippen molar-refractivity contribution in [2.75, 3.05) is 0 Å². The molecule has 1 aromatic carbocycles. The molecule has 2 aromatic rings. The Labute approximate surface area is 117 Å². The molecular weight excluding hydrogens is 260 g/mol. The molecule has 0 aliphatic rings. The average Bonchev–Trinajstić information content (AvgIpc) is 2.26. The predicted octanol–water partition coefficient (Wildman–Crippen LogP) is 3.05. The van der Waals surface area contributed by atoms with Crippen molar-refractivity contribution < 1.29 is 4.79 Å². The Kier molecular flexibility index (Phi) is 3.86. The van der Waals surface area contributed by atoms with Crippen LogP contribution in [-0.4, -0.2) is 10.9 Å². The third kappa shape index (κ3) is 3.12. The maximum absolute atomic E-state index is 11.0. The highest BCUT2D eigenvalue weighted by atomic mass is 35.5. The van der Waals surface area contributed by atoms with Crippen LogP contribution in [0, 0.1) is 13.8 Å². The van der Waals surface area contributed by atoms with Crippen LogP contribution in [0.1, 0.15) is 16.7 Å². The number of nitrogens with zero attached hydrogens (tertiary/aromatic N) is 1. The van der Waals surface area contributed by atoms with Gasteiger partial charge in [-0.2, -0.15) is 0 Å². The molecular formula is C15H15ClN2O. The molecule has 98 valence electrons. The lowest BCUT2D eigenvalue weighted by molar-refractivity contribution is -0.117. The van der Waals surface area contributed by atoms with Crippen LogP contribution in [-0.2, 0) is 11.2 Å². The summed E-state index contributed by atoms with van der Waals surface area (Å²) in [5.41, 5.74) is 10.5. The summed E-state index contributed by atoms with van der Waals surface area (Å²) in [4.78, 5) is 15.0. The molecule has 0 bridgehead atoms. The fraction of sp³-hybridized carbons (Fsp3) is 0.200. The van der Waals surface area contributed by atoms with E-state index in [1.54, 1.807) is 6.20 Å². The molecule has 4 heteroatoms. The maximum atomic E-state index is 11.0.